The Morgan fingerprint density at radius 1 is 1.47 bits per heavy atom. The van der Waals surface area contributed by atoms with Crippen LogP contribution in [0.4, 0.5) is 13.2 Å². The van der Waals surface area contributed by atoms with Gasteiger partial charge in [-0.15, -0.1) is 0 Å². The van der Waals surface area contributed by atoms with Gasteiger partial charge in [-0.25, -0.2) is 0 Å². The van der Waals surface area contributed by atoms with Gasteiger partial charge in [-0.05, 0) is 25.0 Å². The summed E-state index contributed by atoms with van der Waals surface area (Å²) >= 11 is 0. The molecule has 0 amide bonds. The van der Waals surface area contributed by atoms with E-state index in [9.17, 15) is 13.2 Å². The lowest BCUT2D eigenvalue weighted by Crippen LogP contribution is -2.09. The number of aromatic nitrogens is 1. The van der Waals surface area contributed by atoms with E-state index < -0.39 is 12.6 Å². The Labute approximate surface area is 86.9 Å². The molecule has 0 aromatic carbocycles. The summed E-state index contributed by atoms with van der Waals surface area (Å²) in [6, 6.07) is 1.76. The van der Waals surface area contributed by atoms with Crippen LogP contribution in [0.25, 0.3) is 0 Å². The molecule has 0 aliphatic rings. The molecule has 0 saturated heterocycles. The van der Waals surface area contributed by atoms with Crippen molar-refractivity contribution in [3.05, 3.63) is 24.0 Å². The maximum absolute atomic E-state index is 11.9. The quantitative estimate of drug-likeness (QED) is 0.831. The molecule has 1 rings (SSSR count). The molecule has 1 heterocycles. The van der Waals surface area contributed by atoms with E-state index in [1.54, 1.807) is 17.0 Å². The van der Waals surface area contributed by atoms with E-state index in [-0.39, 0.29) is 12.5 Å². The molecular formula is C10H15F3N2. The van der Waals surface area contributed by atoms with E-state index >= 15 is 0 Å². The minimum atomic E-state index is -4.06. The van der Waals surface area contributed by atoms with Crippen LogP contribution in [0.15, 0.2) is 18.5 Å². The van der Waals surface area contributed by atoms with Crippen molar-refractivity contribution in [3.63, 3.8) is 0 Å². The van der Waals surface area contributed by atoms with E-state index in [2.05, 4.69) is 0 Å². The number of rotatable bonds is 4. The van der Waals surface area contributed by atoms with Gasteiger partial charge in [0, 0.05) is 31.4 Å². The minimum absolute atomic E-state index is 0.0751. The number of aryl methyl sites for hydroxylation is 1. The van der Waals surface area contributed by atoms with Gasteiger partial charge in [-0.2, -0.15) is 13.2 Å². The van der Waals surface area contributed by atoms with Crippen molar-refractivity contribution < 1.29 is 13.2 Å². The molecule has 0 spiro atoms. The summed E-state index contributed by atoms with van der Waals surface area (Å²) in [5, 5.41) is 0. The van der Waals surface area contributed by atoms with Gasteiger partial charge in [0.25, 0.3) is 0 Å². The van der Waals surface area contributed by atoms with Gasteiger partial charge in [0.15, 0.2) is 0 Å². The molecule has 15 heavy (non-hydrogen) atoms. The van der Waals surface area contributed by atoms with E-state index in [1.165, 1.54) is 0 Å². The molecule has 1 aromatic rings. The van der Waals surface area contributed by atoms with Crippen LogP contribution in [0.2, 0.25) is 0 Å². The fourth-order valence-electron chi connectivity index (χ4n) is 1.33. The molecule has 0 aliphatic carbocycles. The maximum atomic E-state index is 11.9. The molecule has 0 saturated carbocycles. The van der Waals surface area contributed by atoms with Crippen LogP contribution >= 0.6 is 0 Å². The monoisotopic (exact) mass is 220 g/mol. The Hall–Kier alpha value is -0.970. The van der Waals surface area contributed by atoms with Gasteiger partial charge < -0.3 is 10.3 Å². The second-order valence-corrected chi connectivity index (χ2v) is 3.69. The van der Waals surface area contributed by atoms with E-state index in [1.807, 2.05) is 13.0 Å². The van der Waals surface area contributed by atoms with E-state index in [0.29, 0.717) is 6.54 Å². The van der Waals surface area contributed by atoms with Crippen molar-refractivity contribution in [1.29, 1.82) is 0 Å². The SMILES string of the molecule is CC(N)c1ccn(CCCC(F)(F)F)c1. The first kappa shape index (κ1) is 12.1. The molecule has 1 aromatic heterocycles. The Kier molecular flexibility index (Phi) is 3.79. The van der Waals surface area contributed by atoms with Gasteiger partial charge in [-0.1, -0.05) is 0 Å². The van der Waals surface area contributed by atoms with Crippen molar-refractivity contribution in [2.24, 2.45) is 5.73 Å². The number of halogens is 3. The molecule has 2 nitrogen and oxygen atoms in total. The second-order valence-electron chi connectivity index (χ2n) is 3.69. The lowest BCUT2D eigenvalue weighted by Gasteiger charge is -2.06. The number of hydrogen-bond acceptors (Lipinski definition) is 1. The zero-order valence-electron chi connectivity index (χ0n) is 8.59. The summed E-state index contributed by atoms with van der Waals surface area (Å²) in [6.07, 6.45) is -1.14. The number of nitrogens with zero attached hydrogens (tertiary/aromatic N) is 1. The predicted octanol–water partition coefficient (Wildman–Crippen LogP) is 2.85. The fraction of sp³-hybridized carbons (Fsp3) is 0.600. The normalized spacial score (nSPS) is 14.2. The summed E-state index contributed by atoms with van der Waals surface area (Å²) in [5.74, 6) is 0. The van der Waals surface area contributed by atoms with Crippen molar-refractivity contribution in [2.75, 3.05) is 0 Å². The first-order valence-corrected chi connectivity index (χ1v) is 4.86. The zero-order valence-corrected chi connectivity index (χ0v) is 8.59. The average molecular weight is 220 g/mol. The molecule has 2 N–H and O–H groups in total. The highest BCUT2D eigenvalue weighted by molar-refractivity contribution is 5.13. The third-order valence-electron chi connectivity index (χ3n) is 2.18. The number of hydrogen-bond donors (Lipinski definition) is 1. The zero-order chi connectivity index (χ0) is 11.5. The molecule has 86 valence electrons. The summed E-state index contributed by atoms with van der Waals surface area (Å²) in [4.78, 5) is 0. The first-order valence-electron chi connectivity index (χ1n) is 4.86. The molecule has 0 bridgehead atoms. The van der Waals surface area contributed by atoms with E-state index in [0.717, 1.165) is 5.56 Å². The van der Waals surface area contributed by atoms with Crippen LogP contribution in [-0.4, -0.2) is 10.7 Å². The molecule has 5 heteroatoms. The summed E-state index contributed by atoms with van der Waals surface area (Å²) in [7, 11) is 0. The third kappa shape index (κ3) is 4.38. The Balaban J connectivity index is 2.38. The van der Waals surface area contributed by atoms with Crippen molar-refractivity contribution in [1.82, 2.24) is 4.57 Å². The van der Waals surface area contributed by atoms with Gasteiger partial charge in [0.1, 0.15) is 0 Å². The van der Waals surface area contributed by atoms with Gasteiger partial charge >= 0.3 is 6.18 Å². The topological polar surface area (TPSA) is 30.9 Å². The maximum Gasteiger partial charge on any atom is 0.389 e. The highest BCUT2D eigenvalue weighted by atomic mass is 19.4. The van der Waals surface area contributed by atoms with Crippen molar-refractivity contribution in [2.45, 2.75) is 38.5 Å². The Morgan fingerprint density at radius 3 is 2.60 bits per heavy atom. The van der Waals surface area contributed by atoms with Gasteiger partial charge in [0.2, 0.25) is 0 Å². The Morgan fingerprint density at radius 2 is 2.13 bits per heavy atom. The molecule has 0 aliphatic heterocycles. The standard InChI is InChI=1S/C10H15F3N2/c1-8(14)9-3-6-15(7-9)5-2-4-10(11,12)13/h3,6-8H,2,4-5,14H2,1H3. The van der Waals surface area contributed by atoms with Crippen LogP contribution in [0.1, 0.15) is 31.4 Å². The lowest BCUT2D eigenvalue weighted by atomic mass is 10.2. The second kappa shape index (κ2) is 4.70. The van der Waals surface area contributed by atoms with Gasteiger partial charge in [0.05, 0.1) is 0 Å². The largest absolute Gasteiger partial charge is 0.389 e. The molecule has 1 unspecified atom stereocenters. The van der Waals surface area contributed by atoms with E-state index in [4.69, 9.17) is 5.73 Å². The van der Waals surface area contributed by atoms with Crippen molar-refractivity contribution in [3.8, 4) is 0 Å². The summed E-state index contributed by atoms with van der Waals surface area (Å²) in [6.45, 7) is 2.22. The molecule has 0 fully saturated rings. The van der Waals surface area contributed by atoms with Crippen molar-refractivity contribution >= 4 is 0 Å². The fourth-order valence-corrected chi connectivity index (χ4v) is 1.33. The van der Waals surface area contributed by atoms with Crippen LogP contribution in [0.3, 0.4) is 0 Å². The van der Waals surface area contributed by atoms with Crippen LogP contribution in [0, 0.1) is 0 Å². The van der Waals surface area contributed by atoms with Crippen LogP contribution < -0.4 is 5.73 Å². The highest BCUT2D eigenvalue weighted by Crippen LogP contribution is 2.21. The minimum Gasteiger partial charge on any atom is -0.354 e. The van der Waals surface area contributed by atoms with Gasteiger partial charge in [-0.3, -0.25) is 0 Å². The summed E-state index contributed by atoms with van der Waals surface area (Å²) < 4.78 is 37.3. The van der Waals surface area contributed by atoms with Crippen LogP contribution in [0.5, 0.6) is 0 Å². The molecular weight excluding hydrogens is 205 g/mol. The first-order chi connectivity index (χ1) is 6.88. The molecule has 1 atom stereocenters. The average Bonchev–Trinajstić information content (AvgIpc) is 2.50. The number of alkyl halides is 3. The summed E-state index contributed by atoms with van der Waals surface area (Å²) in [5.41, 5.74) is 6.58. The van der Waals surface area contributed by atoms with Crippen LogP contribution in [-0.2, 0) is 6.54 Å². The lowest BCUT2D eigenvalue weighted by molar-refractivity contribution is -0.135. The Bertz CT molecular complexity index is 302. The molecule has 0 radical (unpaired) electrons. The highest BCUT2D eigenvalue weighted by Gasteiger charge is 2.25. The predicted molar refractivity (Wildman–Crippen MR) is 52.3 cm³/mol. The third-order valence-corrected chi connectivity index (χ3v) is 2.18. The smallest absolute Gasteiger partial charge is 0.354 e. The number of nitrogens with two attached hydrogens (primary N) is 1.